The first-order chi connectivity index (χ1) is 16.4. The van der Waals surface area contributed by atoms with Gasteiger partial charge in [0, 0.05) is 6.07 Å². The lowest BCUT2D eigenvalue weighted by molar-refractivity contribution is -0.275. The van der Waals surface area contributed by atoms with Crippen LogP contribution in [0.4, 0.5) is 35.1 Å². The Morgan fingerprint density at radius 2 is 1.37 bits per heavy atom. The van der Waals surface area contributed by atoms with E-state index in [2.05, 4.69) is 9.47 Å². The fraction of sp³-hybridized carbons (Fsp3) is 0.200. The van der Waals surface area contributed by atoms with Gasteiger partial charge in [0.1, 0.15) is 22.9 Å². The molecule has 0 spiro atoms. The molecule has 0 saturated heterocycles. The minimum atomic E-state index is -5.21. The molecule has 0 radical (unpaired) electrons. The highest BCUT2D eigenvalue weighted by Gasteiger charge is 2.41. The van der Waals surface area contributed by atoms with Gasteiger partial charge in [0.15, 0.2) is 11.6 Å². The summed E-state index contributed by atoms with van der Waals surface area (Å²) < 4.78 is 116. The summed E-state index contributed by atoms with van der Waals surface area (Å²) in [6, 6.07) is 9.21. The zero-order valence-electron chi connectivity index (χ0n) is 18.1. The van der Waals surface area contributed by atoms with Crippen molar-refractivity contribution in [3.63, 3.8) is 0 Å². The molecule has 0 atom stereocenters. The first kappa shape index (κ1) is 26.1. The van der Waals surface area contributed by atoms with Crippen molar-refractivity contribution in [2.45, 2.75) is 32.2 Å². The van der Waals surface area contributed by atoms with Crippen LogP contribution < -0.4 is 9.47 Å². The minimum absolute atomic E-state index is 0.000694. The van der Waals surface area contributed by atoms with Crippen molar-refractivity contribution >= 4 is 0 Å². The minimum Gasteiger partial charge on any atom is -0.429 e. The molecule has 2 nitrogen and oxygen atoms in total. The summed E-state index contributed by atoms with van der Waals surface area (Å²) in [5.41, 5.74) is -0.376. The molecular formula is C25H18F8O2. The van der Waals surface area contributed by atoms with Gasteiger partial charge in [-0.3, -0.25) is 0 Å². The Labute approximate surface area is 195 Å². The number of rotatable bonds is 8. The summed E-state index contributed by atoms with van der Waals surface area (Å²) >= 11 is 0. The Balaban J connectivity index is 1.82. The largest absolute Gasteiger partial charge is 0.573 e. The highest BCUT2D eigenvalue weighted by Crippen LogP contribution is 2.38. The second-order valence-electron chi connectivity index (χ2n) is 7.38. The molecule has 10 heteroatoms. The van der Waals surface area contributed by atoms with E-state index in [1.807, 2.05) is 19.1 Å². The number of hydrogen-bond donors (Lipinski definition) is 0. The van der Waals surface area contributed by atoms with Crippen LogP contribution in [0, 0.1) is 17.5 Å². The van der Waals surface area contributed by atoms with E-state index in [0.717, 1.165) is 18.4 Å². The number of benzene rings is 3. The van der Waals surface area contributed by atoms with E-state index in [1.165, 1.54) is 0 Å². The average molecular weight is 502 g/mol. The average Bonchev–Trinajstić information content (AvgIpc) is 2.74. The van der Waals surface area contributed by atoms with Crippen molar-refractivity contribution in [2.75, 3.05) is 0 Å². The molecule has 3 aromatic carbocycles. The maximum atomic E-state index is 14.6. The molecule has 35 heavy (non-hydrogen) atoms. The third-order valence-corrected chi connectivity index (χ3v) is 4.83. The van der Waals surface area contributed by atoms with Gasteiger partial charge in [0.05, 0.1) is 0 Å². The molecule has 0 fully saturated rings. The SMILES string of the molecule is C/C=C/CCc1ccc(-c2cc(F)c(C(F)(F)Oc3ccc(OC(F)(F)F)c(F)c3)c(F)c2)cc1. The highest BCUT2D eigenvalue weighted by atomic mass is 19.4. The Kier molecular flexibility index (Phi) is 7.72. The fourth-order valence-corrected chi connectivity index (χ4v) is 3.25. The van der Waals surface area contributed by atoms with E-state index in [4.69, 9.17) is 0 Å². The summed E-state index contributed by atoms with van der Waals surface area (Å²) in [6.07, 6.45) is -4.37. The van der Waals surface area contributed by atoms with Gasteiger partial charge in [0.25, 0.3) is 0 Å². The molecule has 0 aliphatic rings. The van der Waals surface area contributed by atoms with E-state index in [9.17, 15) is 35.1 Å². The van der Waals surface area contributed by atoms with E-state index in [1.54, 1.807) is 24.3 Å². The second-order valence-corrected chi connectivity index (χ2v) is 7.38. The lowest BCUT2D eigenvalue weighted by Crippen LogP contribution is -2.25. The van der Waals surface area contributed by atoms with E-state index >= 15 is 0 Å². The Hall–Kier alpha value is -3.56. The quantitative estimate of drug-likeness (QED) is 0.228. The summed E-state index contributed by atoms with van der Waals surface area (Å²) in [6.45, 7) is 1.89. The number of halogens is 8. The Bertz CT molecular complexity index is 1180. The molecule has 0 aromatic heterocycles. The van der Waals surface area contributed by atoms with E-state index in [-0.39, 0.29) is 11.6 Å². The van der Waals surface area contributed by atoms with Crippen molar-refractivity contribution in [1.29, 1.82) is 0 Å². The molecular weight excluding hydrogens is 484 g/mol. The molecule has 0 aliphatic heterocycles. The molecule has 186 valence electrons. The molecule has 0 amide bonds. The monoisotopic (exact) mass is 502 g/mol. The topological polar surface area (TPSA) is 18.5 Å². The van der Waals surface area contributed by atoms with Crippen LogP contribution in [0.3, 0.4) is 0 Å². The van der Waals surface area contributed by atoms with Crippen LogP contribution >= 0.6 is 0 Å². The second kappa shape index (κ2) is 10.4. The predicted octanol–water partition coefficient (Wildman–Crippen LogP) is 8.31. The van der Waals surface area contributed by atoms with Crippen LogP contribution in [-0.4, -0.2) is 6.36 Å². The summed E-state index contributed by atoms with van der Waals surface area (Å²) in [7, 11) is 0. The summed E-state index contributed by atoms with van der Waals surface area (Å²) in [5.74, 6) is -7.18. The molecule has 3 aromatic rings. The summed E-state index contributed by atoms with van der Waals surface area (Å²) in [5, 5.41) is 0. The maximum absolute atomic E-state index is 14.6. The van der Waals surface area contributed by atoms with E-state index < -0.39 is 47.0 Å². The number of hydrogen-bond acceptors (Lipinski definition) is 2. The van der Waals surface area contributed by atoms with Crippen molar-refractivity contribution in [2.24, 2.45) is 0 Å². The van der Waals surface area contributed by atoms with Crippen molar-refractivity contribution < 1.29 is 44.6 Å². The zero-order chi connectivity index (χ0) is 25.8. The zero-order valence-corrected chi connectivity index (χ0v) is 18.1. The van der Waals surface area contributed by atoms with Crippen LogP contribution in [0.2, 0.25) is 0 Å². The molecule has 0 aliphatic carbocycles. The molecule has 3 rings (SSSR count). The molecule has 0 N–H and O–H groups in total. The molecule has 0 bridgehead atoms. The third-order valence-electron chi connectivity index (χ3n) is 4.83. The summed E-state index contributed by atoms with van der Waals surface area (Å²) in [4.78, 5) is 0. The molecule has 0 heterocycles. The first-order valence-corrected chi connectivity index (χ1v) is 10.2. The third kappa shape index (κ3) is 6.74. The van der Waals surface area contributed by atoms with Gasteiger partial charge in [-0.15, -0.1) is 13.2 Å². The first-order valence-electron chi connectivity index (χ1n) is 10.2. The Morgan fingerprint density at radius 3 is 1.91 bits per heavy atom. The highest BCUT2D eigenvalue weighted by molar-refractivity contribution is 5.64. The number of aryl methyl sites for hydroxylation is 1. The normalized spacial score (nSPS) is 12.3. The lowest BCUT2D eigenvalue weighted by Gasteiger charge is -2.20. The van der Waals surface area contributed by atoms with Crippen LogP contribution in [0.15, 0.2) is 66.7 Å². The van der Waals surface area contributed by atoms with Gasteiger partial charge in [-0.2, -0.15) is 8.78 Å². The lowest BCUT2D eigenvalue weighted by atomic mass is 10.00. The van der Waals surface area contributed by atoms with Crippen molar-refractivity contribution in [3.05, 3.63) is 95.3 Å². The van der Waals surface area contributed by atoms with Crippen LogP contribution in [0.5, 0.6) is 11.5 Å². The van der Waals surface area contributed by atoms with Gasteiger partial charge in [-0.05, 0) is 60.7 Å². The predicted molar refractivity (Wildman–Crippen MR) is 113 cm³/mol. The van der Waals surface area contributed by atoms with Crippen LogP contribution in [0.1, 0.15) is 24.5 Å². The number of alkyl halides is 5. The number of allylic oxidation sites excluding steroid dienone is 2. The van der Waals surface area contributed by atoms with E-state index in [0.29, 0.717) is 29.8 Å². The van der Waals surface area contributed by atoms with Crippen LogP contribution in [-0.2, 0) is 12.5 Å². The Morgan fingerprint density at radius 1 is 0.743 bits per heavy atom. The van der Waals surface area contributed by atoms with Gasteiger partial charge < -0.3 is 9.47 Å². The van der Waals surface area contributed by atoms with Crippen molar-refractivity contribution in [1.82, 2.24) is 0 Å². The number of ether oxygens (including phenoxy) is 2. The van der Waals surface area contributed by atoms with Crippen molar-refractivity contribution in [3.8, 4) is 22.6 Å². The standard InChI is InChI=1S/C25H18F8O2/c1-2-3-4-5-15-6-8-16(9-7-15)17-12-20(27)23(21(28)13-17)24(29,30)34-18-10-11-22(19(26)14-18)35-25(31,32)33/h2-3,6-14H,4-5H2,1H3/b3-2+. The van der Waals surface area contributed by atoms with Crippen LogP contribution in [0.25, 0.3) is 11.1 Å². The van der Waals surface area contributed by atoms with Gasteiger partial charge in [-0.1, -0.05) is 36.4 Å². The smallest absolute Gasteiger partial charge is 0.429 e. The molecule has 0 saturated carbocycles. The molecule has 0 unspecified atom stereocenters. The van der Waals surface area contributed by atoms with Gasteiger partial charge in [0.2, 0.25) is 0 Å². The fourth-order valence-electron chi connectivity index (χ4n) is 3.25. The van der Waals surface area contributed by atoms with Gasteiger partial charge in [-0.25, -0.2) is 13.2 Å². The maximum Gasteiger partial charge on any atom is 0.573 e. The van der Waals surface area contributed by atoms with Gasteiger partial charge >= 0.3 is 12.5 Å².